The monoisotopic (exact) mass is 389 g/mol. The van der Waals surface area contributed by atoms with Crippen molar-refractivity contribution in [3.63, 3.8) is 0 Å². The summed E-state index contributed by atoms with van der Waals surface area (Å²) in [5.74, 6) is 2.85. The summed E-state index contributed by atoms with van der Waals surface area (Å²) in [5, 5.41) is 14.7. The highest BCUT2D eigenvalue weighted by molar-refractivity contribution is 9.10. The second-order valence-corrected chi connectivity index (χ2v) is 9.64. The highest BCUT2D eigenvalue weighted by atomic mass is 79.9. The zero-order valence-electron chi connectivity index (χ0n) is 13.0. The molecule has 120 valence electrons. The predicted molar refractivity (Wildman–Crippen MR) is 97.6 cm³/mol. The molecule has 4 aliphatic rings. The van der Waals surface area contributed by atoms with Crippen LogP contribution in [0.25, 0.3) is 10.6 Å². The molecule has 1 heterocycles. The molecular formula is C18H20BrN3S. The van der Waals surface area contributed by atoms with Crippen LogP contribution in [0, 0.1) is 17.8 Å². The number of benzene rings is 1. The summed E-state index contributed by atoms with van der Waals surface area (Å²) < 4.78 is 1.10. The van der Waals surface area contributed by atoms with Crippen LogP contribution in [-0.4, -0.2) is 15.7 Å². The Hall–Kier alpha value is -0.940. The average molecular weight is 390 g/mol. The number of anilines is 1. The fraction of sp³-hybridized carbons (Fsp3) is 0.556. The van der Waals surface area contributed by atoms with Crippen LogP contribution in [0.4, 0.5) is 5.13 Å². The van der Waals surface area contributed by atoms with Crippen LogP contribution in [0.2, 0.25) is 0 Å². The third-order valence-electron chi connectivity index (χ3n) is 5.93. The molecule has 4 saturated carbocycles. The molecule has 0 saturated heterocycles. The minimum Gasteiger partial charge on any atom is -0.355 e. The Morgan fingerprint density at radius 3 is 2.17 bits per heavy atom. The van der Waals surface area contributed by atoms with Gasteiger partial charge in [-0.15, -0.1) is 10.2 Å². The van der Waals surface area contributed by atoms with Gasteiger partial charge in [-0.1, -0.05) is 39.4 Å². The second-order valence-electron chi connectivity index (χ2n) is 7.74. The maximum absolute atomic E-state index is 4.44. The van der Waals surface area contributed by atoms with Gasteiger partial charge >= 0.3 is 0 Å². The molecule has 23 heavy (non-hydrogen) atoms. The van der Waals surface area contributed by atoms with Crippen LogP contribution in [0.1, 0.15) is 38.5 Å². The molecule has 5 heteroatoms. The highest BCUT2D eigenvalue weighted by Gasteiger charge is 2.51. The van der Waals surface area contributed by atoms with Gasteiger partial charge < -0.3 is 5.32 Å². The standard InChI is InChI=1S/C18H20BrN3S/c19-15-3-1-14(2-4-15)16-21-22-17(23-16)20-18-8-11-5-12(9-18)7-13(6-11)10-18/h1-4,11-13H,5-10H2,(H,20,22). The van der Waals surface area contributed by atoms with E-state index in [-0.39, 0.29) is 0 Å². The normalized spacial score (nSPS) is 34.7. The average Bonchev–Trinajstić information content (AvgIpc) is 2.94. The van der Waals surface area contributed by atoms with Crippen LogP contribution >= 0.6 is 27.3 Å². The van der Waals surface area contributed by atoms with E-state index < -0.39 is 0 Å². The Bertz CT molecular complexity index is 689. The van der Waals surface area contributed by atoms with Crippen LogP contribution < -0.4 is 5.32 Å². The quantitative estimate of drug-likeness (QED) is 0.768. The van der Waals surface area contributed by atoms with E-state index in [9.17, 15) is 0 Å². The zero-order chi connectivity index (χ0) is 15.4. The molecule has 0 atom stereocenters. The van der Waals surface area contributed by atoms with Crippen LogP contribution in [-0.2, 0) is 0 Å². The van der Waals surface area contributed by atoms with E-state index >= 15 is 0 Å². The van der Waals surface area contributed by atoms with Crippen molar-refractivity contribution in [3.05, 3.63) is 28.7 Å². The first-order valence-corrected chi connectivity index (χ1v) is 10.2. The third-order valence-corrected chi connectivity index (χ3v) is 7.34. The summed E-state index contributed by atoms with van der Waals surface area (Å²) >= 11 is 5.17. The molecular weight excluding hydrogens is 370 g/mol. The molecule has 0 spiro atoms. The first-order valence-electron chi connectivity index (χ1n) is 8.55. The van der Waals surface area contributed by atoms with Gasteiger partial charge in [-0.25, -0.2) is 0 Å². The van der Waals surface area contributed by atoms with Gasteiger partial charge in [-0.3, -0.25) is 0 Å². The molecule has 0 unspecified atom stereocenters. The van der Waals surface area contributed by atoms with Crippen molar-refractivity contribution in [2.24, 2.45) is 17.8 Å². The molecule has 4 aliphatic carbocycles. The van der Waals surface area contributed by atoms with Crippen LogP contribution in [0.5, 0.6) is 0 Å². The second kappa shape index (κ2) is 5.28. The minimum absolute atomic E-state index is 0.311. The number of nitrogens with zero attached hydrogens (tertiary/aromatic N) is 2. The molecule has 0 aliphatic heterocycles. The van der Waals surface area contributed by atoms with Crippen molar-refractivity contribution in [1.82, 2.24) is 10.2 Å². The lowest BCUT2D eigenvalue weighted by Crippen LogP contribution is -2.54. The fourth-order valence-electron chi connectivity index (χ4n) is 5.47. The van der Waals surface area contributed by atoms with Crippen LogP contribution in [0.3, 0.4) is 0 Å². The Morgan fingerprint density at radius 2 is 1.57 bits per heavy atom. The Balaban J connectivity index is 1.38. The first kappa shape index (κ1) is 14.4. The van der Waals surface area contributed by atoms with Gasteiger partial charge in [0.1, 0.15) is 5.01 Å². The van der Waals surface area contributed by atoms with Crippen molar-refractivity contribution in [1.29, 1.82) is 0 Å². The molecule has 6 rings (SSSR count). The molecule has 4 fully saturated rings. The van der Waals surface area contributed by atoms with Gasteiger partial charge in [0.05, 0.1) is 0 Å². The van der Waals surface area contributed by atoms with E-state index in [1.165, 1.54) is 38.5 Å². The third kappa shape index (κ3) is 2.62. The predicted octanol–water partition coefficient (Wildman–Crippen LogP) is 5.35. The number of hydrogen-bond donors (Lipinski definition) is 1. The van der Waals surface area contributed by atoms with E-state index in [1.807, 2.05) is 0 Å². The van der Waals surface area contributed by atoms with E-state index in [0.29, 0.717) is 5.54 Å². The summed E-state index contributed by atoms with van der Waals surface area (Å²) in [7, 11) is 0. The molecule has 0 radical (unpaired) electrons. The maximum atomic E-state index is 4.44. The van der Waals surface area contributed by atoms with Gasteiger partial charge in [0.25, 0.3) is 0 Å². The molecule has 3 nitrogen and oxygen atoms in total. The fourth-order valence-corrected chi connectivity index (χ4v) is 6.61. The lowest BCUT2D eigenvalue weighted by Gasteiger charge is -2.56. The number of rotatable bonds is 3. The first-order chi connectivity index (χ1) is 11.2. The molecule has 1 aromatic carbocycles. The van der Waals surface area contributed by atoms with Gasteiger partial charge in [0.15, 0.2) is 0 Å². The molecule has 2 aromatic rings. The van der Waals surface area contributed by atoms with Crippen LogP contribution in [0.15, 0.2) is 28.7 Å². The van der Waals surface area contributed by atoms with Gasteiger partial charge in [0, 0.05) is 15.6 Å². The Labute approximate surface area is 149 Å². The van der Waals surface area contributed by atoms with E-state index in [1.54, 1.807) is 11.3 Å². The SMILES string of the molecule is Brc1ccc(-c2nnc(NC34CC5CC(CC(C5)C3)C4)s2)cc1. The lowest BCUT2D eigenvalue weighted by molar-refractivity contribution is 0.0107. The number of nitrogens with one attached hydrogen (secondary N) is 1. The summed E-state index contributed by atoms with van der Waals surface area (Å²) in [4.78, 5) is 0. The van der Waals surface area contributed by atoms with Crippen molar-refractivity contribution >= 4 is 32.4 Å². The van der Waals surface area contributed by atoms with E-state index in [0.717, 1.165) is 37.9 Å². The van der Waals surface area contributed by atoms with Gasteiger partial charge in [-0.2, -0.15) is 0 Å². The highest BCUT2D eigenvalue weighted by Crippen LogP contribution is 2.56. The lowest BCUT2D eigenvalue weighted by atomic mass is 9.53. The van der Waals surface area contributed by atoms with Crippen molar-refractivity contribution in [2.75, 3.05) is 5.32 Å². The number of hydrogen-bond acceptors (Lipinski definition) is 4. The Morgan fingerprint density at radius 1 is 0.957 bits per heavy atom. The molecule has 4 bridgehead atoms. The molecule has 1 aromatic heterocycles. The summed E-state index contributed by atoms with van der Waals surface area (Å²) in [6, 6.07) is 8.31. The van der Waals surface area contributed by atoms with E-state index in [2.05, 4.69) is 55.7 Å². The maximum Gasteiger partial charge on any atom is 0.206 e. The molecule has 1 N–H and O–H groups in total. The van der Waals surface area contributed by atoms with Crippen molar-refractivity contribution in [3.8, 4) is 10.6 Å². The minimum atomic E-state index is 0.311. The zero-order valence-corrected chi connectivity index (χ0v) is 15.4. The molecule has 0 amide bonds. The van der Waals surface area contributed by atoms with E-state index in [4.69, 9.17) is 0 Å². The summed E-state index contributed by atoms with van der Waals surface area (Å²) in [6.07, 6.45) is 8.44. The Kier molecular flexibility index (Phi) is 3.31. The summed E-state index contributed by atoms with van der Waals surface area (Å²) in [5.41, 5.74) is 1.45. The summed E-state index contributed by atoms with van der Waals surface area (Å²) in [6.45, 7) is 0. The van der Waals surface area contributed by atoms with Gasteiger partial charge in [-0.05, 0) is 68.4 Å². The van der Waals surface area contributed by atoms with Crippen molar-refractivity contribution in [2.45, 2.75) is 44.1 Å². The van der Waals surface area contributed by atoms with Gasteiger partial charge in [0.2, 0.25) is 5.13 Å². The number of halogens is 1. The largest absolute Gasteiger partial charge is 0.355 e. The topological polar surface area (TPSA) is 37.8 Å². The smallest absolute Gasteiger partial charge is 0.206 e. The van der Waals surface area contributed by atoms with Crippen molar-refractivity contribution < 1.29 is 0 Å². The number of aromatic nitrogens is 2.